The van der Waals surface area contributed by atoms with Crippen LogP contribution < -0.4 is 14.4 Å². The predicted octanol–water partition coefficient (Wildman–Crippen LogP) is 5.57. The minimum absolute atomic E-state index is 0.0760. The molecule has 0 bridgehead atoms. The van der Waals surface area contributed by atoms with Crippen molar-refractivity contribution in [2.45, 2.75) is 32.5 Å². The molecule has 0 amide bonds. The van der Waals surface area contributed by atoms with Gasteiger partial charge in [0.25, 0.3) is 0 Å². The molecule has 1 heterocycles. The van der Waals surface area contributed by atoms with Gasteiger partial charge in [-0.2, -0.15) is 0 Å². The highest BCUT2D eigenvalue weighted by Gasteiger charge is 2.35. The summed E-state index contributed by atoms with van der Waals surface area (Å²) in [5.41, 5.74) is 4.67. The number of aliphatic imine (C=N–C) groups is 1. The first-order valence-corrected chi connectivity index (χ1v) is 10.1. The third kappa shape index (κ3) is 3.80. The monoisotopic (exact) mass is 388 g/mol. The van der Waals surface area contributed by atoms with E-state index in [9.17, 15) is 0 Å². The summed E-state index contributed by atoms with van der Waals surface area (Å²) in [5, 5.41) is 0. The van der Waals surface area contributed by atoms with Crippen LogP contribution in [0.15, 0.2) is 77.3 Å². The highest BCUT2D eigenvalue weighted by Crippen LogP contribution is 2.39. The number of hydrogen-bond acceptors (Lipinski definition) is 4. The lowest BCUT2D eigenvalue weighted by atomic mass is 9.93. The molecule has 4 nitrogen and oxygen atoms in total. The maximum absolute atomic E-state index is 5.34. The summed E-state index contributed by atoms with van der Waals surface area (Å²) in [7, 11) is 3.38. The van der Waals surface area contributed by atoms with Crippen LogP contribution in [0.25, 0.3) is 0 Å². The second-order valence-electron chi connectivity index (χ2n) is 7.67. The van der Waals surface area contributed by atoms with Crippen molar-refractivity contribution in [1.82, 2.24) is 0 Å². The van der Waals surface area contributed by atoms with Crippen molar-refractivity contribution in [1.29, 1.82) is 0 Å². The third-order valence-electron chi connectivity index (χ3n) is 5.73. The van der Waals surface area contributed by atoms with E-state index in [1.807, 2.05) is 24.3 Å². The molecule has 0 fully saturated rings. The van der Waals surface area contributed by atoms with Gasteiger partial charge in [0.15, 0.2) is 0 Å². The zero-order chi connectivity index (χ0) is 20.4. The molecule has 0 saturated carbocycles. The Morgan fingerprint density at radius 3 is 2.07 bits per heavy atom. The van der Waals surface area contributed by atoms with Crippen LogP contribution in [0.3, 0.4) is 0 Å². The Hall–Kier alpha value is -3.01. The van der Waals surface area contributed by atoms with Crippen LogP contribution in [0, 0.1) is 5.92 Å². The smallest absolute Gasteiger partial charge is 0.148 e. The van der Waals surface area contributed by atoms with Crippen molar-refractivity contribution in [2.75, 3.05) is 19.1 Å². The van der Waals surface area contributed by atoms with Crippen LogP contribution in [0.2, 0.25) is 0 Å². The van der Waals surface area contributed by atoms with Crippen molar-refractivity contribution in [2.24, 2.45) is 10.9 Å². The average Bonchev–Trinajstić information content (AvgIpc) is 3.11. The summed E-state index contributed by atoms with van der Waals surface area (Å²) >= 11 is 0. The number of ether oxygens (including phenoxy) is 2. The summed E-state index contributed by atoms with van der Waals surface area (Å²) in [5.74, 6) is 2.30. The van der Waals surface area contributed by atoms with Crippen LogP contribution in [0.1, 0.15) is 32.0 Å². The fraction of sp³-hybridized carbons (Fsp3) is 0.320. The van der Waals surface area contributed by atoms with Gasteiger partial charge < -0.3 is 14.4 Å². The second-order valence-corrected chi connectivity index (χ2v) is 7.67. The third-order valence-corrected chi connectivity index (χ3v) is 5.73. The van der Waals surface area contributed by atoms with Gasteiger partial charge in [-0.15, -0.1) is 0 Å². The Bertz CT molecular complexity index is 942. The first kappa shape index (κ1) is 19.3. The Morgan fingerprint density at radius 1 is 0.897 bits per heavy atom. The molecule has 2 aliphatic rings. The topological polar surface area (TPSA) is 34.1 Å². The van der Waals surface area contributed by atoms with Gasteiger partial charge in [-0.25, -0.2) is 0 Å². The fourth-order valence-corrected chi connectivity index (χ4v) is 4.01. The van der Waals surface area contributed by atoms with E-state index in [2.05, 4.69) is 61.2 Å². The Morgan fingerprint density at radius 2 is 1.52 bits per heavy atom. The number of hydrogen-bond donors (Lipinski definition) is 0. The number of methoxy groups -OCH3 is 2. The molecule has 0 aromatic heterocycles. The molecule has 3 atom stereocenters. The molecule has 150 valence electrons. The zero-order valence-corrected chi connectivity index (χ0v) is 17.5. The zero-order valence-electron chi connectivity index (χ0n) is 17.5. The van der Waals surface area contributed by atoms with Crippen LogP contribution in [0.4, 0.5) is 5.69 Å². The summed E-state index contributed by atoms with van der Waals surface area (Å²) < 4.78 is 10.7. The molecule has 0 spiro atoms. The van der Waals surface area contributed by atoms with Crippen molar-refractivity contribution >= 4 is 11.4 Å². The minimum atomic E-state index is -0.0760. The second kappa shape index (κ2) is 8.16. The number of anilines is 1. The Balaban J connectivity index is 1.73. The van der Waals surface area contributed by atoms with E-state index in [1.165, 1.54) is 5.57 Å². The molecule has 2 aromatic rings. The van der Waals surface area contributed by atoms with Gasteiger partial charge in [0.1, 0.15) is 17.7 Å². The summed E-state index contributed by atoms with van der Waals surface area (Å²) in [4.78, 5) is 7.57. The molecular weight excluding hydrogens is 360 g/mol. The predicted molar refractivity (Wildman–Crippen MR) is 119 cm³/mol. The molecule has 1 aliphatic carbocycles. The van der Waals surface area contributed by atoms with Gasteiger partial charge in [0, 0.05) is 5.69 Å². The lowest BCUT2D eigenvalue weighted by molar-refractivity contribution is 0.414. The quantitative estimate of drug-likeness (QED) is 0.671. The normalized spacial score (nSPS) is 23.6. The van der Waals surface area contributed by atoms with Crippen LogP contribution in [-0.2, 0) is 0 Å². The van der Waals surface area contributed by atoms with Crippen LogP contribution in [0.5, 0.6) is 11.5 Å². The summed E-state index contributed by atoms with van der Waals surface area (Å²) in [6.45, 7) is 4.48. The van der Waals surface area contributed by atoms with Gasteiger partial charge in [0.05, 0.1) is 26.0 Å². The lowest BCUT2D eigenvalue weighted by Crippen LogP contribution is -2.35. The van der Waals surface area contributed by atoms with Crippen LogP contribution >= 0.6 is 0 Å². The molecule has 2 aromatic carbocycles. The molecule has 0 N–H and O–H groups in total. The largest absolute Gasteiger partial charge is 0.497 e. The van der Waals surface area contributed by atoms with E-state index in [0.717, 1.165) is 34.9 Å². The molecule has 29 heavy (non-hydrogen) atoms. The van der Waals surface area contributed by atoms with E-state index < -0.39 is 0 Å². The van der Waals surface area contributed by atoms with E-state index >= 15 is 0 Å². The number of nitrogens with zero attached hydrogens (tertiary/aromatic N) is 2. The standard InChI is InChI=1S/C25H28N2O2/c1-17-5-7-19(8-6-17)24-18(2)27(21-11-15-23(29-4)16-12-21)25(26-24)20-9-13-22(28-3)14-10-20/h5,7-18,25H,6H2,1-4H3. The maximum atomic E-state index is 5.34. The van der Waals surface area contributed by atoms with E-state index in [0.29, 0.717) is 5.92 Å². The average molecular weight is 389 g/mol. The highest BCUT2D eigenvalue weighted by atomic mass is 16.5. The molecule has 1 aliphatic heterocycles. The highest BCUT2D eigenvalue weighted by molar-refractivity contribution is 6.09. The Kier molecular flexibility index (Phi) is 5.43. The van der Waals surface area contributed by atoms with E-state index in [1.54, 1.807) is 14.2 Å². The molecular formula is C25H28N2O2. The van der Waals surface area contributed by atoms with E-state index in [4.69, 9.17) is 14.5 Å². The van der Waals surface area contributed by atoms with Crippen LogP contribution in [-0.4, -0.2) is 26.0 Å². The SMILES string of the molecule is COc1ccc(C2N=C(C3=CCC(C)C=C3)C(C)N2c2ccc(OC)cc2)cc1. The molecule has 3 unspecified atom stereocenters. The summed E-state index contributed by atoms with van der Waals surface area (Å²) in [6.07, 6.45) is 7.82. The lowest BCUT2D eigenvalue weighted by Gasteiger charge is -2.31. The van der Waals surface area contributed by atoms with Gasteiger partial charge in [0.2, 0.25) is 0 Å². The molecule has 4 rings (SSSR count). The van der Waals surface area contributed by atoms with Crippen molar-refractivity contribution in [3.8, 4) is 11.5 Å². The summed E-state index contributed by atoms with van der Waals surface area (Å²) in [6, 6.07) is 16.6. The van der Waals surface area contributed by atoms with Gasteiger partial charge in [-0.3, -0.25) is 4.99 Å². The molecule has 0 radical (unpaired) electrons. The van der Waals surface area contributed by atoms with Gasteiger partial charge in [-0.05, 0) is 66.8 Å². The number of benzene rings is 2. The fourth-order valence-electron chi connectivity index (χ4n) is 4.01. The van der Waals surface area contributed by atoms with Gasteiger partial charge in [-0.1, -0.05) is 37.3 Å². The Labute approximate surface area is 173 Å². The van der Waals surface area contributed by atoms with E-state index in [-0.39, 0.29) is 12.2 Å². The van der Waals surface area contributed by atoms with Crippen molar-refractivity contribution in [3.63, 3.8) is 0 Å². The first-order valence-electron chi connectivity index (χ1n) is 10.1. The number of allylic oxidation sites excluding steroid dienone is 3. The van der Waals surface area contributed by atoms with Crippen molar-refractivity contribution < 1.29 is 9.47 Å². The maximum Gasteiger partial charge on any atom is 0.148 e. The minimum Gasteiger partial charge on any atom is -0.497 e. The molecule has 4 heteroatoms. The van der Waals surface area contributed by atoms with Gasteiger partial charge >= 0.3 is 0 Å². The first-order chi connectivity index (χ1) is 14.1. The molecule has 0 saturated heterocycles. The number of rotatable bonds is 5. The van der Waals surface area contributed by atoms with Crippen molar-refractivity contribution in [3.05, 3.63) is 77.9 Å².